The van der Waals surface area contributed by atoms with Crippen molar-refractivity contribution in [1.82, 2.24) is 9.55 Å². The largest absolute Gasteiger partial charge is 0.497 e. The van der Waals surface area contributed by atoms with Crippen LogP contribution in [0.25, 0.3) is 10.2 Å². The van der Waals surface area contributed by atoms with E-state index in [4.69, 9.17) is 21.3 Å². The Hall–Kier alpha value is -3.16. The van der Waals surface area contributed by atoms with Crippen LogP contribution >= 0.6 is 22.9 Å². The smallest absolute Gasteiger partial charge is 0.263 e. The van der Waals surface area contributed by atoms with E-state index in [-0.39, 0.29) is 11.5 Å². The van der Waals surface area contributed by atoms with Crippen LogP contribution in [-0.2, 0) is 17.6 Å². The van der Waals surface area contributed by atoms with Gasteiger partial charge in [0.2, 0.25) is 5.91 Å². The molecule has 2 aromatic heterocycles. The van der Waals surface area contributed by atoms with Crippen molar-refractivity contribution in [3.05, 3.63) is 86.2 Å². The third kappa shape index (κ3) is 4.79. The van der Waals surface area contributed by atoms with Crippen LogP contribution in [0.4, 0.5) is 5.69 Å². The molecular weight excluding hydrogens is 458 g/mol. The first-order valence-corrected chi connectivity index (χ1v) is 11.8. The quantitative estimate of drug-likeness (QED) is 0.379. The maximum absolute atomic E-state index is 13.5. The second kappa shape index (κ2) is 9.77. The molecule has 0 bridgehead atoms. The van der Waals surface area contributed by atoms with E-state index < -0.39 is 6.04 Å². The van der Waals surface area contributed by atoms with Crippen LogP contribution in [0, 0.1) is 0 Å². The maximum atomic E-state index is 13.5. The summed E-state index contributed by atoms with van der Waals surface area (Å²) in [5.41, 5.74) is 1.24. The van der Waals surface area contributed by atoms with Crippen LogP contribution in [0.5, 0.6) is 5.75 Å². The van der Waals surface area contributed by atoms with E-state index in [2.05, 4.69) is 5.32 Å². The van der Waals surface area contributed by atoms with Gasteiger partial charge in [-0.25, -0.2) is 4.98 Å². The SMILES string of the molecule is CCc1cc2c(=O)n(C(C)C(=O)Nc3ccccc3Cl)c(Cc3ccc(OC)cc3)nc2s1. The molecule has 6 nitrogen and oxygen atoms in total. The van der Waals surface area contributed by atoms with Gasteiger partial charge in [-0.15, -0.1) is 11.3 Å². The van der Waals surface area contributed by atoms with Gasteiger partial charge in [0.25, 0.3) is 5.56 Å². The van der Waals surface area contributed by atoms with Gasteiger partial charge in [-0.05, 0) is 49.2 Å². The molecule has 0 aliphatic carbocycles. The molecule has 33 heavy (non-hydrogen) atoms. The highest BCUT2D eigenvalue weighted by molar-refractivity contribution is 7.18. The molecule has 0 radical (unpaired) electrons. The molecule has 0 saturated heterocycles. The summed E-state index contributed by atoms with van der Waals surface area (Å²) in [5.74, 6) is 0.940. The van der Waals surface area contributed by atoms with Crippen LogP contribution in [0.3, 0.4) is 0 Å². The lowest BCUT2D eigenvalue weighted by Gasteiger charge is -2.19. The molecule has 0 saturated carbocycles. The number of rotatable bonds is 7. The molecular formula is C25H24ClN3O3S. The van der Waals surface area contributed by atoms with Gasteiger partial charge in [-0.1, -0.05) is 42.8 Å². The van der Waals surface area contributed by atoms with Crippen LogP contribution in [0.1, 0.15) is 36.2 Å². The predicted octanol–water partition coefficient (Wildman–Crippen LogP) is 5.47. The van der Waals surface area contributed by atoms with E-state index >= 15 is 0 Å². The minimum atomic E-state index is -0.788. The number of methoxy groups -OCH3 is 1. The summed E-state index contributed by atoms with van der Waals surface area (Å²) >= 11 is 7.72. The summed E-state index contributed by atoms with van der Waals surface area (Å²) < 4.78 is 6.73. The minimum Gasteiger partial charge on any atom is -0.497 e. The molecule has 1 atom stereocenters. The van der Waals surface area contributed by atoms with E-state index in [0.29, 0.717) is 33.2 Å². The second-order valence-corrected chi connectivity index (χ2v) is 9.18. The summed E-state index contributed by atoms with van der Waals surface area (Å²) in [5, 5.41) is 3.80. The van der Waals surface area contributed by atoms with Gasteiger partial charge in [0, 0.05) is 11.3 Å². The lowest BCUT2D eigenvalue weighted by molar-refractivity contribution is -0.118. The highest BCUT2D eigenvalue weighted by atomic mass is 35.5. The minimum absolute atomic E-state index is 0.221. The third-order valence-electron chi connectivity index (χ3n) is 5.49. The number of amides is 1. The first kappa shape index (κ1) is 23.0. The Morgan fingerprint density at radius 1 is 1.21 bits per heavy atom. The van der Waals surface area contributed by atoms with Crippen molar-refractivity contribution < 1.29 is 9.53 Å². The number of nitrogens with one attached hydrogen (secondary N) is 1. The first-order chi connectivity index (χ1) is 15.9. The number of hydrogen-bond donors (Lipinski definition) is 1. The Balaban J connectivity index is 1.77. The summed E-state index contributed by atoms with van der Waals surface area (Å²) in [6.45, 7) is 3.74. The molecule has 1 unspecified atom stereocenters. The molecule has 4 aromatic rings. The molecule has 0 aliphatic rings. The van der Waals surface area contributed by atoms with Crippen molar-refractivity contribution >= 4 is 44.7 Å². The van der Waals surface area contributed by atoms with Crippen LogP contribution < -0.4 is 15.6 Å². The number of aryl methyl sites for hydroxylation is 1. The molecule has 0 spiro atoms. The second-order valence-electron chi connectivity index (χ2n) is 7.66. The molecule has 4 rings (SSSR count). The van der Waals surface area contributed by atoms with E-state index in [9.17, 15) is 9.59 Å². The van der Waals surface area contributed by atoms with Gasteiger partial charge in [-0.3, -0.25) is 14.2 Å². The Morgan fingerprint density at radius 2 is 1.94 bits per heavy atom. The fourth-order valence-electron chi connectivity index (χ4n) is 3.63. The number of benzene rings is 2. The zero-order chi connectivity index (χ0) is 23.5. The standard InChI is InChI=1S/C25H24ClN3O3S/c1-4-18-14-19-24(33-18)28-22(13-16-9-11-17(32-3)12-10-16)29(25(19)31)15(2)23(30)27-21-8-6-5-7-20(21)26/h5-12,14-15H,4,13H2,1-3H3,(H,27,30). The normalized spacial score (nSPS) is 12.0. The van der Waals surface area contributed by atoms with Gasteiger partial charge >= 0.3 is 0 Å². The number of aromatic nitrogens is 2. The Kier molecular flexibility index (Phi) is 6.81. The number of fused-ring (bicyclic) bond motifs is 1. The van der Waals surface area contributed by atoms with Crippen LogP contribution in [0.2, 0.25) is 5.02 Å². The summed E-state index contributed by atoms with van der Waals surface area (Å²) in [6.07, 6.45) is 1.22. The molecule has 2 aromatic carbocycles. The number of ether oxygens (including phenoxy) is 1. The molecule has 0 fully saturated rings. The molecule has 170 valence electrons. The summed E-state index contributed by atoms with van der Waals surface area (Å²) in [4.78, 5) is 33.3. The number of thiophene rings is 1. The number of halogens is 1. The first-order valence-electron chi connectivity index (χ1n) is 10.6. The highest BCUT2D eigenvalue weighted by Crippen LogP contribution is 2.26. The van der Waals surface area contributed by atoms with E-state index in [0.717, 1.165) is 22.6 Å². The average Bonchev–Trinajstić information content (AvgIpc) is 3.24. The van der Waals surface area contributed by atoms with Gasteiger partial charge in [-0.2, -0.15) is 0 Å². The van der Waals surface area contributed by atoms with E-state index in [1.165, 1.54) is 15.9 Å². The molecule has 2 heterocycles. The summed E-state index contributed by atoms with van der Waals surface area (Å²) in [7, 11) is 1.61. The Bertz CT molecular complexity index is 1360. The number of nitrogens with zero attached hydrogens (tertiary/aromatic N) is 2. The zero-order valence-electron chi connectivity index (χ0n) is 18.6. The van der Waals surface area contributed by atoms with Gasteiger partial charge < -0.3 is 10.1 Å². The van der Waals surface area contributed by atoms with E-state index in [1.54, 1.807) is 38.3 Å². The number of hydrogen-bond acceptors (Lipinski definition) is 5. The maximum Gasteiger partial charge on any atom is 0.263 e. The fraction of sp³-hybridized carbons (Fsp3) is 0.240. The molecule has 1 amide bonds. The number of anilines is 1. The van der Waals surface area contributed by atoms with Crippen molar-refractivity contribution in [3.8, 4) is 5.75 Å². The van der Waals surface area contributed by atoms with Gasteiger partial charge in [0.05, 0.1) is 23.2 Å². The Morgan fingerprint density at radius 3 is 2.61 bits per heavy atom. The third-order valence-corrected chi connectivity index (χ3v) is 6.99. The van der Waals surface area contributed by atoms with Crippen molar-refractivity contribution in [2.24, 2.45) is 0 Å². The monoisotopic (exact) mass is 481 g/mol. The highest BCUT2D eigenvalue weighted by Gasteiger charge is 2.23. The van der Waals surface area contributed by atoms with Gasteiger partial charge in [0.15, 0.2) is 0 Å². The number of carbonyl (C=O) groups excluding carboxylic acids is 1. The van der Waals surface area contributed by atoms with Crippen molar-refractivity contribution in [2.45, 2.75) is 32.7 Å². The molecule has 1 N–H and O–H groups in total. The average molecular weight is 482 g/mol. The Labute approximate surface area is 200 Å². The van der Waals surface area contributed by atoms with Crippen molar-refractivity contribution in [3.63, 3.8) is 0 Å². The number of carbonyl (C=O) groups is 1. The van der Waals surface area contributed by atoms with Crippen molar-refractivity contribution in [1.29, 1.82) is 0 Å². The zero-order valence-corrected chi connectivity index (χ0v) is 20.2. The lowest BCUT2D eigenvalue weighted by atomic mass is 10.1. The summed E-state index contributed by atoms with van der Waals surface area (Å²) in [6, 6.07) is 15.7. The predicted molar refractivity (Wildman–Crippen MR) is 134 cm³/mol. The molecule has 0 aliphatic heterocycles. The van der Waals surface area contributed by atoms with Gasteiger partial charge in [0.1, 0.15) is 22.4 Å². The number of para-hydroxylation sites is 1. The lowest BCUT2D eigenvalue weighted by Crippen LogP contribution is -2.34. The van der Waals surface area contributed by atoms with Crippen molar-refractivity contribution in [2.75, 3.05) is 12.4 Å². The van der Waals surface area contributed by atoms with Crippen LogP contribution in [0.15, 0.2) is 59.4 Å². The van der Waals surface area contributed by atoms with Crippen LogP contribution in [-0.4, -0.2) is 22.6 Å². The topological polar surface area (TPSA) is 73.2 Å². The van der Waals surface area contributed by atoms with E-state index in [1.807, 2.05) is 37.3 Å². The molecule has 8 heteroatoms. The fourth-order valence-corrected chi connectivity index (χ4v) is 4.79.